The van der Waals surface area contributed by atoms with E-state index >= 15 is 0 Å². The van der Waals surface area contributed by atoms with Crippen molar-refractivity contribution in [2.45, 2.75) is 6.42 Å². The van der Waals surface area contributed by atoms with Crippen LogP contribution in [0.5, 0.6) is 5.75 Å². The Hall–Kier alpha value is -3.15. The highest BCUT2D eigenvalue weighted by Gasteiger charge is 2.13. The van der Waals surface area contributed by atoms with Crippen LogP contribution in [0, 0.1) is 5.82 Å². The van der Waals surface area contributed by atoms with Crippen molar-refractivity contribution >= 4 is 16.9 Å². The number of methoxy groups -OCH3 is 1. The van der Waals surface area contributed by atoms with Crippen molar-refractivity contribution in [1.29, 1.82) is 0 Å². The lowest BCUT2D eigenvalue weighted by Gasteiger charge is -2.09. The third-order valence-electron chi connectivity index (χ3n) is 3.81. The van der Waals surface area contributed by atoms with E-state index in [4.69, 9.17) is 9.15 Å². The van der Waals surface area contributed by atoms with Crippen molar-refractivity contribution in [2.24, 2.45) is 0 Å². The van der Waals surface area contributed by atoms with Crippen LogP contribution in [-0.4, -0.2) is 19.6 Å². The summed E-state index contributed by atoms with van der Waals surface area (Å²) in [5.74, 6) is -0.368. The normalized spacial score (nSPS) is 10.6. The van der Waals surface area contributed by atoms with Gasteiger partial charge < -0.3 is 14.5 Å². The second-order valence-corrected chi connectivity index (χ2v) is 5.45. The van der Waals surface area contributed by atoms with Gasteiger partial charge in [-0.25, -0.2) is 9.18 Å². The van der Waals surface area contributed by atoms with Crippen LogP contribution in [0.3, 0.4) is 0 Å². The predicted molar refractivity (Wildman–Crippen MR) is 91.5 cm³/mol. The van der Waals surface area contributed by atoms with Gasteiger partial charge in [0, 0.05) is 11.9 Å². The number of hydrogen-bond donors (Lipinski definition) is 1. The fourth-order valence-corrected chi connectivity index (χ4v) is 2.57. The third-order valence-corrected chi connectivity index (χ3v) is 3.81. The predicted octanol–water partition coefficient (Wildman–Crippen LogP) is 2.91. The number of nitrogens with one attached hydrogen (secondary N) is 1. The second kappa shape index (κ2) is 7.17. The van der Waals surface area contributed by atoms with Gasteiger partial charge in [0.05, 0.1) is 7.11 Å². The van der Waals surface area contributed by atoms with Gasteiger partial charge in [0.1, 0.15) is 22.7 Å². The molecular formula is C19H16FNO4. The molecule has 5 nitrogen and oxygen atoms in total. The van der Waals surface area contributed by atoms with Crippen LogP contribution in [0.2, 0.25) is 0 Å². The van der Waals surface area contributed by atoms with Crippen molar-refractivity contribution in [3.8, 4) is 5.75 Å². The SMILES string of the molecule is COc1ccc(F)cc1CCNC(=O)c1cc2ccccc2oc1=O. The molecule has 1 N–H and O–H groups in total. The van der Waals surface area contributed by atoms with Gasteiger partial charge in [0.2, 0.25) is 0 Å². The molecule has 0 unspecified atom stereocenters. The molecule has 2 aromatic carbocycles. The number of ether oxygens (including phenoxy) is 1. The Morgan fingerprint density at radius 2 is 2.00 bits per heavy atom. The molecule has 3 aromatic rings. The average Bonchev–Trinajstić information content (AvgIpc) is 2.61. The molecule has 0 aliphatic carbocycles. The lowest BCUT2D eigenvalue weighted by Crippen LogP contribution is -2.30. The highest BCUT2D eigenvalue weighted by Crippen LogP contribution is 2.19. The van der Waals surface area contributed by atoms with E-state index in [2.05, 4.69) is 5.32 Å². The first-order valence-corrected chi connectivity index (χ1v) is 7.72. The third kappa shape index (κ3) is 3.68. The fourth-order valence-electron chi connectivity index (χ4n) is 2.57. The highest BCUT2D eigenvalue weighted by molar-refractivity contribution is 5.96. The summed E-state index contributed by atoms with van der Waals surface area (Å²) in [4.78, 5) is 24.2. The molecule has 0 fully saturated rings. The van der Waals surface area contributed by atoms with Crippen molar-refractivity contribution in [2.75, 3.05) is 13.7 Å². The molecule has 3 rings (SSSR count). The average molecular weight is 341 g/mol. The molecule has 0 spiro atoms. The molecule has 0 aliphatic heterocycles. The summed E-state index contributed by atoms with van der Waals surface area (Å²) in [6.45, 7) is 0.227. The van der Waals surface area contributed by atoms with Gasteiger partial charge in [-0.1, -0.05) is 18.2 Å². The van der Waals surface area contributed by atoms with Crippen LogP contribution >= 0.6 is 0 Å². The number of amides is 1. The molecule has 25 heavy (non-hydrogen) atoms. The minimum Gasteiger partial charge on any atom is -0.496 e. The highest BCUT2D eigenvalue weighted by atomic mass is 19.1. The zero-order chi connectivity index (χ0) is 17.8. The van der Waals surface area contributed by atoms with Gasteiger partial charge in [0.15, 0.2) is 0 Å². The maximum Gasteiger partial charge on any atom is 0.349 e. The Bertz CT molecular complexity index is 981. The molecule has 1 amide bonds. The van der Waals surface area contributed by atoms with Gasteiger partial charge in [-0.2, -0.15) is 0 Å². The summed E-state index contributed by atoms with van der Waals surface area (Å²) in [6, 6.07) is 12.7. The Morgan fingerprint density at radius 1 is 1.20 bits per heavy atom. The van der Waals surface area contributed by atoms with E-state index in [1.54, 1.807) is 24.3 Å². The number of hydrogen-bond acceptors (Lipinski definition) is 4. The van der Waals surface area contributed by atoms with E-state index in [-0.39, 0.29) is 17.9 Å². The summed E-state index contributed by atoms with van der Waals surface area (Å²) in [5.41, 5.74) is 0.298. The van der Waals surface area contributed by atoms with E-state index in [0.717, 1.165) is 0 Å². The first kappa shape index (κ1) is 16.7. The first-order chi connectivity index (χ1) is 12.1. The van der Waals surface area contributed by atoms with E-state index in [0.29, 0.717) is 28.7 Å². The minimum atomic E-state index is -0.695. The van der Waals surface area contributed by atoms with Gasteiger partial charge >= 0.3 is 5.63 Å². The number of carbonyl (C=O) groups is 1. The summed E-state index contributed by atoms with van der Waals surface area (Å²) in [6.07, 6.45) is 0.367. The van der Waals surface area contributed by atoms with Gasteiger partial charge in [0.25, 0.3) is 5.91 Å². The lowest BCUT2D eigenvalue weighted by atomic mass is 10.1. The van der Waals surface area contributed by atoms with E-state index in [1.807, 2.05) is 0 Å². The van der Waals surface area contributed by atoms with Crippen molar-refractivity contribution in [1.82, 2.24) is 5.32 Å². The van der Waals surface area contributed by atoms with E-state index in [1.165, 1.54) is 31.4 Å². The zero-order valence-corrected chi connectivity index (χ0v) is 13.5. The monoisotopic (exact) mass is 341 g/mol. The molecule has 0 atom stereocenters. The summed E-state index contributed by atoms with van der Waals surface area (Å²) in [5, 5.41) is 3.31. The van der Waals surface area contributed by atoms with Crippen molar-refractivity contribution in [3.05, 3.63) is 75.9 Å². The zero-order valence-electron chi connectivity index (χ0n) is 13.5. The largest absolute Gasteiger partial charge is 0.496 e. The molecule has 0 saturated heterocycles. The van der Waals surface area contributed by atoms with Crippen molar-refractivity contribution in [3.63, 3.8) is 0 Å². The molecule has 0 aliphatic rings. The van der Waals surface area contributed by atoms with Crippen LogP contribution in [0.4, 0.5) is 4.39 Å². The Labute approximate surface area is 143 Å². The molecule has 6 heteroatoms. The van der Waals surface area contributed by atoms with Gasteiger partial charge in [-0.05, 0) is 42.3 Å². The van der Waals surface area contributed by atoms with Crippen LogP contribution in [-0.2, 0) is 6.42 Å². The smallest absolute Gasteiger partial charge is 0.349 e. The van der Waals surface area contributed by atoms with Crippen LogP contribution < -0.4 is 15.7 Å². The number of benzene rings is 2. The lowest BCUT2D eigenvalue weighted by molar-refractivity contribution is 0.0950. The first-order valence-electron chi connectivity index (χ1n) is 7.72. The standard InChI is InChI=1S/C19H16FNO4/c1-24-16-7-6-14(20)10-13(16)8-9-21-18(22)15-11-12-4-2-3-5-17(12)25-19(15)23/h2-7,10-11H,8-9H2,1H3,(H,21,22). The fraction of sp³-hybridized carbons (Fsp3) is 0.158. The van der Waals surface area contributed by atoms with Crippen molar-refractivity contribution < 1.29 is 18.3 Å². The summed E-state index contributed by atoms with van der Waals surface area (Å²) < 4.78 is 23.6. The Morgan fingerprint density at radius 3 is 2.80 bits per heavy atom. The minimum absolute atomic E-state index is 0.0649. The van der Waals surface area contributed by atoms with E-state index in [9.17, 15) is 14.0 Å². The van der Waals surface area contributed by atoms with Crippen LogP contribution in [0.1, 0.15) is 15.9 Å². The number of halogens is 1. The Balaban J connectivity index is 1.72. The quantitative estimate of drug-likeness (QED) is 0.725. The molecule has 0 saturated carbocycles. The Kier molecular flexibility index (Phi) is 4.79. The number of para-hydroxylation sites is 1. The molecule has 0 radical (unpaired) electrons. The summed E-state index contributed by atoms with van der Waals surface area (Å²) in [7, 11) is 1.50. The molecule has 1 heterocycles. The topological polar surface area (TPSA) is 68.5 Å². The number of carbonyl (C=O) groups excluding carboxylic acids is 1. The maximum atomic E-state index is 13.3. The van der Waals surface area contributed by atoms with Crippen LogP contribution in [0.25, 0.3) is 11.0 Å². The molecule has 1 aromatic heterocycles. The number of rotatable bonds is 5. The summed E-state index contributed by atoms with van der Waals surface area (Å²) >= 11 is 0. The molecule has 0 bridgehead atoms. The van der Waals surface area contributed by atoms with E-state index < -0.39 is 11.5 Å². The molecule has 128 valence electrons. The molecular weight excluding hydrogens is 325 g/mol. The maximum absolute atomic E-state index is 13.3. The number of fused-ring (bicyclic) bond motifs is 1. The van der Waals surface area contributed by atoms with Crippen LogP contribution in [0.15, 0.2) is 57.7 Å². The van der Waals surface area contributed by atoms with Gasteiger partial charge in [-0.15, -0.1) is 0 Å². The van der Waals surface area contributed by atoms with Gasteiger partial charge in [-0.3, -0.25) is 4.79 Å². The second-order valence-electron chi connectivity index (χ2n) is 5.45.